The first-order valence-electron chi connectivity index (χ1n) is 13.7. The Balaban J connectivity index is 1.44. The zero-order valence-electron chi connectivity index (χ0n) is 23.2. The van der Waals surface area contributed by atoms with E-state index in [9.17, 15) is 66.1 Å². The lowest BCUT2D eigenvalue weighted by molar-refractivity contribution is -0.378. The minimum absolute atomic E-state index is 0.789. The Hall–Kier alpha value is -1.87. The van der Waals surface area contributed by atoms with Crippen LogP contribution in [0.3, 0.4) is 0 Å². The van der Waals surface area contributed by atoms with Gasteiger partial charge in [0.25, 0.3) is 0 Å². The highest BCUT2D eigenvalue weighted by Crippen LogP contribution is 2.34. The van der Waals surface area contributed by atoms with Crippen LogP contribution in [0.2, 0.25) is 0 Å². The molecular formula is C24H38O21. The van der Waals surface area contributed by atoms with Gasteiger partial charge in [-0.05, 0) is 0 Å². The van der Waals surface area contributed by atoms with Crippen molar-refractivity contribution in [3.05, 3.63) is 11.5 Å². The first kappa shape index (κ1) is 36.0. The highest BCUT2D eigenvalue weighted by atomic mass is 16.8. The summed E-state index contributed by atoms with van der Waals surface area (Å²) in [6.07, 6.45) is -30.5. The van der Waals surface area contributed by atoms with E-state index in [0.29, 0.717) is 0 Å². The molecule has 0 bridgehead atoms. The van der Waals surface area contributed by atoms with E-state index in [2.05, 4.69) is 0 Å². The zero-order chi connectivity index (χ0) is 33.3. The molecule has 21 nitrogen and oxygen atoms in total. The van der Waals surface area contributed by atoms with Crippen molar-refractivity contribution in [1.82, 2.24) is 0 Å². The van der Waals surface area contributed by atoms with Crippen LogP contribution in [-0.2, 0) is 38.0 Å². The summed E-state index contributed by atoms with van der Waals surface area (Å²) in [4.78, 5) is 12.1. The molecule has 45 heavy (non-hydrogen) atoms. The van der Waals surface area contributed by atoms with E-state index in [1.807, 2.05) is 0 Å². The standard InChI is InChI=1S/C24H38O21/c25-1-5(29)17-16(37)20(21(38)42-17)45-24-15(36)12(33)19(8(4-28)41-24)44-23-14(35)11(32)18(7(3-27)40-23)43-22-13(34)10(31)9(30)6(2-26)39-22/h5-15,17-19,22-37H,1-4H2/t5-,6+,7+,8+,9+,10-,11+,12+,13+,14+,15+,17+,18+,19+,22+,23+,24+/m0/s1. The Morgan fingerprint density at radius 3 is 1.56 bits per heavy atom. The molecule has 0 amide bonds. The van der Waals surface area contributed by atoms with E-state index in [0.717, 1.165) is 0 Å². The SMILES string of the molecule is O=C1O[C@H]([C@@H](O)CO)C(O)=C1O[C@H]1O[C@H](CO)[C@@H](O[C@H]2O[C@H](CO)[C@@H](O[C@H]3O[C@H](CO)[C@@H](O)[C@H](O)[C@H]3O)[C@H](O)[C@H]2O)[C@H](O)[C@H]1O. The first-order valence-corrected chi connectivity index (χ1v) is 13.7. The van der Waals surface area contributed by atoms with Gasteiger partial charge in [-0.3, -0.25) is 0 Å². The molecule has 0 aromatic rings. The second-order valence-corrected chi connectivity index (χ2v) is 10.7. The van der Waals surface area contributed by atoms with E-state index in [4.69, 9.17) is 38.3 Å². The number of aliphatic hydroxyl groups is 13. The van der Waals surface area contributed by atoms with Gasteiger partial charge in [-0.25, -0.2) is 4.79 Å². The molecule has 0 spiro atoms. The smallest absolute Gasteiger partial charge is 0.378 e. The van der Waals surface area contributed by atoms with Gasteiger partial charge in [-0.2, -0.15) is 0 Å². The van der Waals surface area contributed by atoms with Crippen LogP contribution in [0.5, 0.6) is 0 Å². The van der Waals surface area contributed by atoms with Crippen LogP contribution in [0.4, 0.5) is 0 Å². The lowest BCUT2D eigenvalue weighted by Crippen LogP contribution is -2.66. The molecule has 4 aliphatic rings. The topological polar surface area (TPSA) is 345 Å². The fourth-order valence-corrected chi connectivity index (χ4v) is 5.18. The van der Waals surface area contributed by atoms with Crippen molar-refractivity contribution in [2.75, 3.05) is 26.4 Å². The predicted molar refractivity (Wildman–Crippen MR) is 133 cm³/mol. The number of hydrogen-bond donors (Lipinski definition) is 13. The van der Waals surface area contributed by atoms with Gasteiger partial charge >= 0.3 is 5.97 Å². The highest BCUT2D eigenvalue weighted by molar-refractivity contribution is 5.89. The van der Waals surface area contributed by atoms with Gasteiger partial charge in [0, 0.05) is 0 Å². The number of carbonyl (C=O) groups is 1. The summed E-state index contributed by atoms with van der Waals surface area (Å²) in [6.45, 7) is -3.53. The fourth-order valence-electron chi connectivity index (χ4n) is 5.18. The minimum atomic E-state index is -2.07. The lowest BCUT2D eigenvalue weighted by Gasteiger charge is -2.48. The number of rotatable bonds is 11. The van der Waals surface area contributed by atoms with Crippen molar-refractivity contribution >= 4 is 5.97 Å². The largest absolute Gasteiger partial charge is 0.505 e. The van der Waals surface area contributed by atoms with Crippen molar-refractivity contribution in [2.45, 2.75) is 104 Å². The van der Waals surface area contributed by atoms with Crippen LogP contribution in [0, 0.1) is 0 Å². The maximum Gasteiger partial charge on any atom is 0.378 e. The predicted octanol–water partition coefficient (Wildman–Crippen LogP) is -8.50. The number of esters is 1. The van der Waals surface area contributed by atoms with Gasteiger partial charge in [0.1, 0.15) is 79.4 Å². The van der Waals surface area contributed by atoms with Gasteiger partial charge in [-0.15, -0.1) is 0 Å². The average molecular weight is 663 g/mol. The summed E-state index contributed by atoms with van der Waals surface area (Å²) in [6, 6.07) is 0. The monoisotopic (exact) mass is 662 g/mol. The molecule has 0 aromatic carbocycles. The maximum atomic E-state index is 12.1. The fraction of sp³-hybridized carbons (Fsp3) is 0.875. The third kappa shape index (κ3) is 7.05. The summed E-state index contributed by atoms with van der Waals surface area (Å²) in [7, 11) is 0. The summed E-state index contributed by atoms with van der Waals surface area (Å²) >= 11 is 0. The average Bonchev–Trinajstić information content (AvgIpc) is 3.31. The number of carbonyl (C=O) groups excluding carboxylic acids is 1. The molecule has 0 saturated carbocycles. The molecule has 17 atom stereocenters. The molecule has 21 heteroatoms. The molecule has 260 valence electrons. The Morgan fingerprint density at radius 2 is 1.07 bits per heavy atom. The van der Waals surface area contributed by atoms with Crippen molar-refractivity contribution in [3.8, 4) is 0 Å². The van der Waals surface area contributed by atoms with Crippen molar-refractivity contribution in [1.29, 1.82) is 0 Å². The molecule has 4 heterocycles. The Kier molecular flexibility index (Phi) is 11.9. The zero-order valence-corrected chi connectivity index (χ0v) is 23.2. The second kappa shape index (κ2) is 14.9. The Morgan fingerprint density at radius 1 is 0.622 bits per heavy atom. The van der Waals surface area contributed by atoms with Gasteiger partial charge in [0.2, 0.25) is 12.0 Å². The van der Waals surface area contributed by atoms with E-state index < -0.39 is 148 Å². The van der Waals surface area contributed by atoms with Crippen LogP contribution in [0.25, 0.3) is 0 Å². The Labute approximate surface area is 253 Å². The number of aliphatic hydroxyl groups excluding tert-OH is 13. The number of hydrogen-bond acceptors (Lipinski definition) is 21. The van der Waals surface area contributed by atoms with Gasteiger partial charge in [0.15, 0.2) is 24.4 Å². The lowest BCUT2D eigenvalue weighted by atomic mass is 9.96. The second-order valence-electron chi connectivity index (χ2n) is 10.7. The quantitative estimate of drug-likeness (QED) is 0.0913. The molecule has 0 radical (unpaired) electrons. The molecule has 4 aliphatic heterocycles. The van der Waals surface area contributed by atoms with E-state index in [-0.39, 0.29) is 0 Å². The minimum Gasteiger partial charge on any atom is -0.505 e. The third-order valence-corrected chi connectivity index (χ3v) is 7.76. The maximum absolute atomic E-state index is 12.1. The van der Waals surface area contributed by atoms with E-state index >= 15 is 0 Å². The van der Waals surface area contributed by atoms with Crippen LogP contribution in [0.15, 0.2) is 11.5 Å². The molecule has 13 N–H and O–H groups in total. The molecule has 0 unspecified atom stereocenters. The molecule has 3 fully saturated rings. The van der Waals surface area contributed by atoms with E-state index in [1.54, 1.807) is 0 Å². The summed E-state index contributed by atoms with van der Waals surface area (Å²) in [5.74, 6) is -3.18. The summed E-state index contributed by atoms with van der Waals surface area (Å²) in [5, 5.41) is 131. The molecular weight excluding hydrogens is 624 g/mol. The van der Waals surface area contributed by atoms with Gasteiger partial charge < -0.3 is 99.5 Å². The molecule has 3 saturated heterocycles. The van der Waals surface area contributed by atoms with Crippen molar-refractivity contribution in [2.24, 2.45) is 0 Å². The Bertz CT molecular complexity index is 1020. The van der Waals surface area contributed by atoms with Crippen LogP contribution < -0.4 is 0 Å². The number of cyclic esters (lactones) is 1. The molecule has 0 aromatic heterocycles. The molecule has 0 aliphatic carbocycles. The third-order valence-electron chi connectivity index (χ3n) is 7.76. The summed E-state index contributed by atoms with van der Waals surface area (Å²) < 4.78 is 37.0. The normalized spacial score (nSPS) is 46.6. The van der Waals surface area contributed by atoms with E-state index in [1.165, 1.54) is 0 Å². The first-order chi connectivity index (χ1) is 21.3. The van der Waals surface area contributed by atoms with Crippen molar-refractivity contribution < 1.29 is 104 Å². The summed E-state index contributed by atoms with van der Waals surface area (Å²) in [5.41, 5.74) is 0. The van der Waals surface area contributed by atoms with Gasteiger partial charge in [0.05, 0.1) is 26.4 Å². The number of ether oxygens (including phenoxy) is 7. The van der Waals surface area contributed by atoms with Gasteiger partial charge in [-0.1, -0.05) is 0 Å². The molecule has 4 rings (SSSR count). The highest BCUT2D eigenvalue weighted by Gasteiger charge is 2.54. The van der Waals surface area contributed by atoms with Crippen LogP contribution in [-0.4, -0.2) is 203 Å². The van der Waals surface area contributed by atoms with Crippen LogP contribution in [0.1, 0.15) is 0 Å². The van der Waals surface area contributed by atoms with Crippen LogP contribution >= 0.6 is 0 Å². The van der Waals surface area contributed by atoms with Crippen molar-refractivity contribution in [3.63, 3.8) is 0 Å².